The number of carbonyl (C=O) groups excluding carboxylic acids is 3. The molecular formula is C21H19Br3ClN7O4. The smallest absolute Gasteiger partial charge is 0.443 e. The molecule has 3 aromatic rings. The molecule has 0 radical (unpaired) electrons. The number of anilines is 1. The molecule has 190 valence electrons. The highest BCUT2D eigenvalue weighted by molar-refractivity contribution is 9.11. The van der Waals surface area contributed by atoms with E-state index in [1.165, 1.54) is 37.2 Å². The van der Waals surface area contributed by atoms with Gasteiger partial charge in [-0.15, -0.1) is 5.12 Å². The summed E-state index contributed by atoms with van der Waals surface area (Å²) in [5.41, 5.74) is 3.10. The van der Waals surface area contributed by atoms with Gasteiger partial charge in [-0.2, -0.15) is 5.10 Å². The van der Waals surface area contributed by atoms with Gasteiger partial charge >= 0.3 is 6.09 Å². The molecule has 1 aromatic carbocycles. The summed E-state index contributed by atoms with van der Waals surface area (Å²) in [4.78, 5) is 43.2. The third kappa shape index (κ3) is 6.06. The molecule has 0 saturated heterocycles. The van der Waals surface area contributed by atoms with Crippen LogP contribution in [0.3, 0.4) is 0 Å². The van der Waals surface area contributed by atoms with Gasteiger partial charge in [0.25, 0.3) is 11.8 Å². The first kappa shape index (κ1) is 28.1. The van der Waals surface area contributed by atoms with Crippen molar-refractivity contribution in [1.82, 2.24) is 30.3 Å². The van der Waals surface area contributed by atoms with Crippen molar-refractivity contribution < 1.29 is 19.1 Å². The minimum absolute atomic E-state index is 0.0832. The van der Waals surface area contributed by atoms with Crippen LogP contribution in [-0.2, 0) is 4.74 Å². The standard InChI is InChI=1S/C21H19Br3ClN7O4/c1-4-27-32(21(35)36-3)30(2)20(34)12-8-11(22)9-13(23)17(12)28-19(33)15-10-16(24)29-31(15)18-14(25)6-5-7-26-18/h5-10,27H,4H2,1-3H3,(H,28,33). The van der Waals surface area contributed by atoms with E-state index in [9.17, 15) is 14.4 Å². The van der Waals surface area contributed by atoms with Crippen LogP contribution in [0.25, 0.3) is 5.82 Å². The van der Waals surface area contributed by atoms with Gasteiger partial charge in [0.1, 0.15) is 10.3 Å². The summed E-state index contributed by atoms with van der Waals surface area (Å²) in [6.45, 7) is 2.10. The average Bonchev–Trinajstić information content (AvgIpc) is 3.24. The fraction of sp³-hybridized carbons (Fsp3) is 0.190. The number of amides is 3. The third-order valence-electron chi connectivity index (χ3n) is 4.63. The van der Waals surface area contributed by atoms with Crippen LogP contribution in [0.15, 0.2) is 50.1 Å². The molecular weight excluding hydrogens is 689 g/mol. The van der Waals surface area contributed by atoms with E-state index < -0.39 is 17.9 Å². The van der Waals surface area contributed by atoms with Crippen LogP contribution in [0.4, 0.5) is 10.5 Å². The van der Waals surface area contributed by atoms with Crippen molar-refractivity contribution >= 4 is 83.0 Å². The molecule has 0 atom stereocenters. The second-order valence-electron chi connectivity index (χ2n) is 6.96. The molecule has 0 saturated carbocycles. The lowest BCUT2D eigenvalue weighted by Crippen LogP contribution is -2.54. The number of halogens is 4. The van der Waals surface area contributed by atoms with Gasteiger partial charge in [0.2, 0.25) is 0 Å². The Hall–Kier alpha value is -2.52. The number of benzene rings is 1. The number of rotatable bonds is 6. The highest BCUT2D eigenvalue weighted by Gasteiger charge is 2.28. The zero-order chi connectivity index (χ0) is 26.6. The van der Waals surface area contributed by atoms with Crippen LogP contribution in [0.5, 0.6) is 0 Å². The van der Waals surface area contributed by atoms with E-state index in [0.29, 0.717) is 20.1 Å². The molecule has 0 aliphatic carbocycles. The van der Waals surface area contributed by atoms with Gasteiger partial charge in [0.05, 0.1) is 23.4 Å². The van der Waals surface area contributed by atoms with Crippen molar-refractivity contribution in [3.8, 4) is 5.82 Å². The van der Waals surface area contributed by atoms with Crippen molar-refractivity contribution in [2.24, 2.45) is 0 Å². The number of methoxy groups -OCH3 is 1. The van der Waals surface area contributed by atoms with E-state index in [0.717, 1.165) is 10.1 Å². The number of nitrogens with zero attached hydrogens (tertiary/aromatic N) is 5. The second kappa shape index (κ2) is 12.1. The van der Waals surface area contributed by atoms with Crippen molar-refractivity contribution in [3.05, 3.63) is 66.4 Å². The maximum absolute atomic E-state index is 13.5. The van der Waals surface area contributed by atoms with Crippen LogP contribution in [-0.4, -0.2) is 63.5 Å². The fourth-order valence-electron chi connectivity index (χ4n) is 3.05. The van der Waals surface area contributed by atoms with Crippen LogP contribution < -0.4 is 10.7 Å². The summed E-state index contributed by atoms with van der Waals surface area (Å²) in [5, 5.41) is 9.27. The summed E-state index contributed by atoms with van der Waals surface area (Å²) in [7, 11) is 2.58. The Kier molecular flexibility index (Phi) is 9.47. The molecule has 36 heavy (non-hydrogen) atoms. The van der Waals surface area contributed by atoms with Crippen molar-refractivity contribution in [2.75, 3.05) is 26.0 Å². The van der Waals surface area contributed by atoms with Crippen molar-refractivity contribution in [2.45, 2.75) is 6.92 Å². The van der Waals surface area contributed by atoms with Gasteiger partial charge in [0.15, 0.2) is 5.82 Å². The number of hydrogen-bond acceptors (Lipinski definition) is 7. The van der Waals surface area contributed by atoms with E-state index >= 15 is 0 Å². The van der Waals surface area contributed by atoms with Crippen molar-refractivity contribution in [3.63, 3.8) is 0 Å². The van der Waals surface area contributed by atoms with Crippen LogP contribution in [0, 0.1) is 0 Å². The van der Waals surface area contributed by atoms with E-state index in [-0.39, 0.29) is 27.8 Å². The number of nitrogens with one attached hydrogen (secondary N) is 2. The maximum atomic E-state index is 13.5. The highest BCUT2D eigenvalue weighted by Crippen LogP contribution is 2.33. The highest BCUT2D eigenvalue weighted by atomic mass is 79.9. The number of hydrogen-bond donors (Lipinski definition) is 2. The summed E-state index contributed by atoms with van der Waals surface area (Å²) in [6, 6.07) is 7.95. The fourth-order valence-corrected chi connectivity index (χ4v) is 4.95. The molecule has 0 spiro atoms. The van der Waals surface area contributed by atoms with Gasteiger partial charge in [-0.25, -0.2) is 24.9 Å². The van der Waals surface area contributed by atoms with Gasteiger partial charge in [-0.05, 0) is 56.1 Å². The zero-order valence-electron chi connectivity index (χ0n) is 19.1. The predicted molar refractivity (Wildman–Crippen MR) is 144 cm³/mol. The monoisotopic (exact) mass is 705 g/mol. The molecule has 3 amide bonds. The molecule has 2 aromatic heterocycles. The Bertz CT molecular complexity index is 1320. The average molecular weight is 709 g/mol. The minimum atomic E-state index is -0.798. The summed E-state index contributed by atoms with van der Waals surface area (Å²) < 4.78 is 7.38. The molecule has 0 aliphatic rings. The maximum Gasteiger partial charge on any atom is 0.443 e. The molecule has 2 N–H and O–H groups in total. The summed E-state index contributed by atoms with van der Waals surface area (Å²) in [5.74, 6) is -0.951. The quantitative estimate of drug-likeness (QED) is 0.345. The molecule has 0 aliphatic heterocycles. The van der Waals surface area contributed by atoms with Crippen LogP contribution in [0.1, 0.15) is 27.8 Å². The third-order valence-corrected chi connectivity index (χ3v) is 6.39. The number of pyridine rings is 1. The first-order valence-corrected chi connectivity index (χ1v) is 12.9. The van der Waals surface area contributed by atoms with Crippen LogP contribution in [0.2, 0.25) is 5.02 Å². The lowest BCUT2D eigenvalue weighted by molar-refractivity contribution is -0.0205. The summed E-state index contributed by atoms with van der Waals surface area (Å²) in [6.07, 6.45) is 0.724. The molecule has 3 rings (SSSR count). The minimum Gasteiger partial charge on any atom is -0.451 e. The lowest BCUT2D eigenvalue weighted by Gasteiger charge is -2.30. The normalized spacial score (nSPS) is 10.6. The Balaban J connectivity index is 2.02. The first-order chi connectivity index (χ1) is 17.1. The first-order valence-electron chi connectivity index (χ1n) is 10.1. The SMILES string of the molecule is CCNN(C(=O)OC)N(C)C(=O)c1cc(Br)cc(Br)c1NC(=O)c1cc(Br)nn1-c1ncccc1Cl. The summed E-state index contributed by atoms with van der Waals surface area (Å²) >= 11 is 16.3. The van der Waals surface area contributed by atoms with E-state index in [2.05, 4.69) is 68.6 Å². The molecule has 0 fully saturated rings. The number of aromatic nitrogens is 3. The van der Waals surface area contributed by atoms with Gasteiger partial charge in [0, 0.05) is 34.8 Å². The van der Waals surface area contributed by atoms with E-state index in [1.54, 1.807) is 25.1 Å². The lowest BCUT2D eigenvalue weighted by atomic mass is 10.1. The molecule has 0 bridgehead atoms. The number of ether oxygens (including phenoxy) is 1. The number of carbonyl (C=O) groups is 3. The zero-order valence-corrected chi connectivity index (χ0v) is 24.6. The van der Waals surface area contributed by atoms with E-state index in [1.807, 2.05) is 0 Å². The van der Waals surface area contributed by atoms with Gasteiger partial charge in [-0.1, -0.05) is 34.5 Å². The Labute approximate surface area is 236 Å². The molecule has 2 heterocycles. The molecule has 15 heteroatoms. The topological polar surface area (TPSA) is 122 Å². The predicted octanol–water partition coefficient (Wildman–Crippen LogP) is 5.04. The molecule has 0 unspecified atom stereocenters. The number of hydrazine groups is 2. The van der Waals surface area contributed by atoms with Gasteiger partial charge in [-0.3, -0.25) is 9.59 Å². The van der Waals surface area contributed by atoms with Crippen molar-refractivity contribution in [1.29, 1.82) is 0 Å². The Morgan fingerprint density at radius 2 is 1.92 bits per heavy atom. The van der Waals surface area contributed by atoms with Crippen LogP contribution >= 0.6 is 59.4 Å². The van der Waals surface area contributed by atoms with E-state index in [4.69, 9.17) is 16.3 Å². The second-order valence-corrected chi connectivity index (χ2v) is 9.95. The largest absolute Gasteiger partial charge is 0.451 e. The molecule has 11 nitrogen and oxygen atoms in total. The Morgan fingerprint density at radius 1 is 1.19 bits per heavy atom. The van der Waals surface area contributed by atoms with Gasteiger partial charge < -0.3 is 10.1 Å². The Morgan fingerprint density at radius 3 is 2.56 bits per heavy atom.